The summed E-state index contributed by atoms with van der Waals surface area (Å²) < 4.78 is 15.4. The fraction of sp³-hybridized carbons (Fsp3) is 0.500. The Morgan fingerprint density at radius 2 is 1.84 bits per heavy atom. The van der Waals surface area contributed by atoms with Gasteiger partial charge in [-0.05, 0) is 20.3 Å². The average Bonchev–Trinajstić information content (AvgIpc) is 2.36. The van der Waals surface area contributed by atoms with Gasteiger partial charge in [-0.15, -0.1) is 0 Å². The van der Waals surface area contributed by atoms with E-state index in [1.54, 1.807) is 25.3 Å². The number of benzene rings is 1. The number of ether oxygens (including phenoxy) is 3. The van der Waals surface area contributed by atoms with Crippen molar-refractivity contribution >= 4 is 11.7 Å². The first-order valence-corrected chi connectivity index (χ1v) is 6.05. The molecule has 5 nitrogen and oxygen atoms in total. The van der Waals surface area contributed by atoms with E-state index in [1.807, 2.05) is 13.8 Å². The molecule has 0 bridgehead atoms. The summed E-state index contributed by atoms with van der Waals surface area (Å²) >= 11 is 0. The minimum absolute atomic E-state index is 0.249. The summed E-state index contributed by atoms with van der Waals surface area (Å²) in [6, 6.07) is 5.18. The fourth-order valence-corrected chi connectivity index (χ4v) is 1.60. The molecule has 0 heterocycles. The lowest BCUT2D eigenvalue weighted by Crippen LogP contribution is -2.27. The topological polar surface area (TPSA) is 70.8 Å². The number of esters is 1. The van der Waals surface area contributed by atoms with Crippen LogP contribution in [0.15, 0.2) is 18.2 Å². The Hall–Kier alpha value is -1.91. The molecule has 0 radical (unpaired) electrons. The van der Waals surface area contributed by atoms with Crippen LogP contribution in [0.3, 0.4) is 0 Å². The molecule has 5 heteroatoms. The summed E-state index contributed by atoms with van der Waals surface area (Å²) in [5.74, 6) is 1.01. The van der Waals surface area contributed by atoms with Gasteiger partial charge in [-0.3, -0.25) is 4.79 Å². The van der Waals surface area contributed by atoms with E-state index in [0.29, 0.717) is 30.2 Å². The van der Waals surface area contributed by atoms with E-state index < -0.39 is 5.41 Å². The molecule has 0 unspecified atom stereocenters. The van der Waals surface area contributed by atoms with Crippen LogP contribution in [0, 0.1) is 5.41 Å². The van der Waals surface area contributed by atoms with Gasteiger partial charge in [0.2, 0.25) is 0 Å². The molecule has 0 aromatic heterocycles. The minimum atomic E-state index is -0.570. The molecule has 0 amide bonds. The van der Waals surface area contributed by atoms with Crippen LogP contribution in [0.25, 0.3) is 0 Å². The molecule has 0 spiro atoms. The zero-order valence-electron chi connectivity index (χ0n) is 11.9. The van der Waals surface area contributed by atoms with Gasteiger partial charge in [-0.25, -0.2) is 0 Å². The third-order valence-electron chi connectivity index (χ3n) is 2.87. The second-order valence-corrected chi connectivity index (χ2v) is 4.92. The molecule has 1 aromatic rings. The minimum Gasteiger partial charge on any atom is -0.497 e. The van der Waals surface area contributed by atoms with Crippen molar-refractivity contribution in [3.8, 4) is 11.5 Å². The molecule has 0 aliphatic carbocycles. The van der Waals surface area contributed by atoms with E-state index in [-0.39, 0.29) is 5.97 Å². The molecule has 0 saturated heterocycles. The maximum atomic E-state index is 11.5. The molecule has 2 N–H and O–H groups in total. The summed E-state index contributed by atoms with van der Waals surface area (Å²) in [5.41, 5.74) is 5.73. The monoisotopic (exact) mass is 267 g/mol. The van der Waals surface area contributed by atoms with Crippen molar-refractivity contribution < 1.29 is 19.0 Å². The number of methoxy groups -OCH3 is 2. The maximum Gasteiger partial charge on any atom is 0.311 e. The van der Waals surface area contributed by atoms with Crippen molar-refractivity contribution in [3.05, 3.63) is 18.2 Å². The number of anilines is 1. The Bertz CT molecular complexity index is 443. The Morgan fingerprint density at radius 1 is 1.21 bits per heavy atom. The SMILES string of the molecule is COC(=O)C(C)(C)CCOc1cc(N)cc(OC)c1. The fourth-order valence-electron chi connectivity index (χ4n) is 1.60. The van der Waals surface area contributed by atoms with Crippen LogP contribution in [0.4, 0.5) is 5.69 Å². The molecule has 0 atom stereocenters. The van der Waals surface area contributed by atoms with Gasteiger partial charge in [0, 0.05) is 23.9 Å². The van der Waals surface area contributed by atoms with Gasteiger partial charge in [0.1, 0.15) is 11.5 Å². The van der Waals surface area contributed by atoms with Gasteiger partial charge in [0.15, 0.2) is 0 Å². The van der Waals surface area contributed by atoms with Crippen molar-refractivity contribution in [2.45, 2.75) is 20.3 Å². The predicted octanol–water partition coefficient (Wildman–Crippen LogP) is 2.25. The van der Waals surface area contributed by atoms with Crippen LogP contribution in [0.1, 0.15) is 20.3 Å². The highest BCUT2D eigenvalue weighted by atomic mass is 16.5. The lowest BCUT2D eigenvalue weighted by atomic mass is 9.90. The number of nitrogen functional groups attached to an aromatic ring is 1. The number of hydrogen-bond donors (Lipinski definition) is 1. The Balaban J connectivity index is 2.58. The first-order valence-electron chi connectivity index (χ1n) is 6.05. The van der Waals surface area contributed by atoms with Crippen LogP contribution < -0.4 is 15.2 Å². The standard InChI is InChI=1S/C14H21NO4/c1-14(2,13(16)18-4)5-6-19-12-8-10(15)7-11(9-12)17-3/h7-9H,5-6,15H2,1-4H3. The Kier molecular flexibility index (Phi) is 5.03. The molecule has 106 valence electrons. The number of nitrogens with two attached hydrogens (primary N) is 1. The molecule has 19 heavy (non-hydrogen) atoms. The van der Waals surface area contributed by atoms with E-state index >= 15 is 0 Å². The summed E-state index contributed by atoms with van der Waals surface area (Å²) in [7, 11) is 2.95. The molecular formula is C14H21NO4. The zero-order chi connectivity index (χ0) is 14.5. The van der Waals surface area contributed by atoms with Crippen LogP contribution in [-0.2, 0) is 9.53 Å². The van der Waals surface area contributed by atoms with Gasteiger partial charge < -0.3 is 19.9 Å². The van der Waals surface area contributed by atoms with Crippen LogP contribution in [-0.4, -0.2) is 26.8 Å². The first kappa shape index (κ1) is 15.1. The molecule has 0 saturated carbocycles. The van der Waals surface area contributed by atoms with Gasteiger partial charge in [0.05, 0.1) is 26.2 Å². The van der Waals surface area contributed by atoms with Gasteiger partial charge >= 0.3 is 5.97 Å². The predicted molar refractivity (Wildman–Crippen MR) is 73.3 cm³/mol. The molecule has 1 rings (SSSR count). The Morgan fingerprint density at radius 3 is 2.42 bits per heavy atom. The summed E-state index contributed by atoms with van der Waals surface area (Å²) in [5, 5.41) is 0. The molecule has 1 aromatic carbocycles. The van der Waals surface area contributed by atoms with Gasteiger partial charge in [-0.1, -0.05) is 0 Å². The smallest absolute Gasteiger partial charge is 0.311 e. The third-order valence-corrected chi connectivity index (χ3v) is 2.87. The van der Waals surface area contributed by atoms with Crippen LogP contribution >= 0.6 is 0 Å². The van der Waals surface area contributed by atoms with Crippen LogP contribution in [0.5, 0.6) is 11.5 Å². The number of carbonyl (C=O) groups excluding carboxylic acids is 1. The number of hydrogen-bond acceptors (Lipinski definition) is 5. The second-order valence-electron chi connectivity index (χ2n) is 4.92. The van der Waals surface area contributed by atoms with E-state index in [1.165, 1.54) is 7.11 Å². The first-order chi connectivity index (χ1) is 8.89. The summed E-state index contributed by atoms with van der Waals surface area (Å²) in [4.78, 5) is 11.5. The lowest BCUT2D eigenvalue weighted by Gasteiger charge is -2.21. The summed E-state index contributed by atoms with van der Waals surface area (Å²) in [6.45, 7) is 4.04. The van der Waals surface area contributed by atoms with E-state index in [4.69, 9.17) is 19.9 Å². The third kappa shape index (κ3) is 4.35. The highest BCUT2D eigenvalue weighted by Crippen LogP contribution is 2.26. The highest BCUT2D eigenvalue weighted by molar-refractivity contribution is 5.75. The molecular weight excluding hydrogens is 246 g/mol. The maximum absolute atomic E-state index is 11.5. The van der Waals surface area contributed by atoms with Crippen molar-refractivity contribution in [1.82, 2.24) is 0 Å². The quantitative estimate of drug-likeness (QED) is 0.632. The zero-order valence-corrected chi connectivity index (χ0v) is 11.9. The average molecular weight is 267 g/mol. The largest absolute Gasteiger partial charge is 0.497 e. The number of carbonyl (C=O) groups is 1. The highest BCUT2D eigenvalue weighted by Gasteiger charge is 2.28. The molecule has 0 aliphatic rings. The van der Waals surface area contributed by atoms with Crippen molar-refractivity contribution in [2.24, 2.45) is 5.41 Å². The van der Waals surface area contributed by atoms with Crippen molar-refractivity contribution in [2.75, 3.05) is 26.6 Å². The van der Waals surface area contributed by atoms with Crippen LogP contribution in [0.2, 0.25) is 0 Å². The van der Waals surface area contributed by atoms with Crippen molar-refractivity contribution in [1.29, 1.82) is 0 Å². The van der Waals surface area contributed by atoms with Gasteiger partial charge in [0.25, 0.3) is 0 Å². The Labute approximate surface area is 113 Å². The lowest BCUT2D eigenvalue weighted by molar-refractivity contribution is -0.151. The summed E-state index contributed by atoms with van der Waals surface area (Å²) in [6.07, 6.45) is 0.552. The molecule has 0 fully saturated rings. The molecule has 0 aliphatic heterocycles. The number of rotatable bonds is 6. The van der Waals surface area contributed by atoms with E-state index in [9.17, 15) is 4.79 Å². The second kappa shape index (κ2) is 6.31. The normalized spacial score (nSPS) is 10.9. The van der Waals surface area contributed by atoms with E-state index in [0.717, 1.165) is 0 Å². The van der Waals surface area contributed by atoms with Crippen molar-refractivity contribution in [3.63, 3.8) is 0 Å². The van der Waals surface area contributed by atoms with Gasteiger partial charge in [-0.2, -0.15) is 0 Å². The van der Waals surface area contributed by atoms with E-state index in [2.05, 4.69) is 0 Å².